The minimum absolute atomic E-state index is 0.285. The van der Waals surface area contributed by atoms with Gasteiger partial charge in [-0.2, -0.15) is 13.2 Å². The van der Waals surface area contributed by atoms with Crippen molar-refractivity contribution in [3.63, 3.8) is 0 Å². The smallest absolute Gasteiger partial charge is 0.366 e. The number of halogens is 3. The predicted octanol–water partition coefficient (Wildman–Crippen LogP) is 2.68. The minimum atomic E-state index is -4.36. The van der Waals surface area contributed by atoms with Crippen molar-refractivity contribution in [1.82, 2.24) is 10.3 Å². The number of rotatable bonds is 4. The fourth-order valence-corrected chi connectivity index (χ4v) is 3.28. The van der Waals surface area contributed by atoms with Crippen LogP contribution < -0.4 is 10.6 Å². The van der Waals surface area contributed by atoms with Gasteiger partial charge in [-0.15, -0.1) is 11.3 Å². The summed E-state index contributed by atoms with van der Waals surface area (Å²) in [6.07, 6.45) is -3.05. The molecule has 1 aromatic carbocycles. The molecule has 0 radical (unpaired) electrons. The number of hydrogen-bond acceptors (Lipinski definition) is 5. The molecule has 3 rings (SSSR count). The third-order valence-corrected chi connectivity index (χ3v) is 4.55. The van der Waals surface area contributed by atoms with Crippen molar-refractivity contribution in [3.8, 4) is 0 Å². The van der Waals surface area contributed by atoms with Crippen molar-refractivity contribution in [2.75, 3.05) is 25.0 Å². The lowest BCUT2D eigenvalue weighted by molar-refractivity contribution is -0.137. The molecule has 1 unspecified atom stereocenters. The molecule has 134 valence electrons. The van der Waals surface area contributed by atoms with Crippen molar-refractivity contribution in [1.29, 1.82) is 0 Å². The standard InChI is InChI=1S/C16H16F3N3O2S/c17-16(18,19)11-3-1-2-10(6-11)7-12-8-21-15(25-12)22-14(23)13-9-20-4-5-24-13/h1-3,6,8,13,20H,4-5,7,9H2,(H,21,22,23). The van der Waals surface area contributed by atoms with Crippen LogP contribution in [0, 0.1) is 0 Å². The number of nitrogens with zero attached hydrogens (tertiary/aromatic N) is 1. The number of benzene rings is 1. The Morgan fingerprint density at radius 2 is 2.28 bits per heavy atom. The van der Waals surface area contributed by atoms with Gasteiger partial charge in [0.2, 0.25) is 0 Å². The number of carbonyl (C=O) groups excluding carboxylic acids is 1. The Morgan fingerprint density at radius 3 is 3.00 bits per heavy atom. The van der Waals surface area contributed by atoms with E-state index in [1.165, 1.54) is 17.4 Å². The highest BCUT2D eigenvalue weighted by atomic mass is 32.1. The van der Waals surface area contributed by atoms with Gasteiger partial charge in [0.1, 0.15) is 6.10 Å². The molecule has 5 nitrogen and oxygen atoms in total. The summed E-state index contributed by atoms with van der Waals surface area (Å²) in [7, 11) is 0. The normalized spacial score (nSPS) is 18.1. The SMILES string of the molecule is O=C(Nc1ncc(Cc2cccc(C(F)(F)F)c2)s1)C1CNCCO1. The van der Waals surface area contributed by atoms with Gasteiger partial charge in [0.15, 0.2) is 5.13 Å². The topological polar surface area (TPSA) is 63.2 Å². The van der Waals surface area contributed by atoms with Crippen molar-refractivity contribution in [3.05, 3.63) is 46.5 Å². The Labute approximate surface area is 146 Å². The molecule has 2 heterocycles. The third kappa shape index (κ3) is 4.77. The molecule has 25 heavy (non-hydrogen) atoms. The number of carbonyl (C=O) groups is 1. The second-order valence-electron chi connectivity index (χ2n) is 5.56. The van der Waals surface area contributed by atoms with E-state index in [1.807, 2.05) is 0 Å². The quantitative estimate of drug-likeness (QED) is 0.868. The van der Waals surface area contributed by atoms with Gasteiger partial charge in [-0.1, -0.05) is 18.2 Å². The maximum absolute atomic E-state index is 12.8. The van der Waals surface area contributed by atoms with E-state index in [2.05, 4.69) is 15.6 Å². The summed E-state index contributed by atoms with van der Waals surface area (Å²) in [5.41, 5.74) is -0.138. The van der Waals surface area contributed by atoms with Crippen molar-refractivity contribution in [2.24, 2.45) is 0 Å². The molecule has 1 atom stereocenters. The van der Waals surface area contributed by atoms with Crippen LogP contribution in [0.3, 0.4) is 0 Å². The van der Waals surface area contributed by atoms with E-state index >= 15 is 0 Å². The number of aromatic nitrogens is 1. The number of amides is 1. The summed E-state index contributed by atoms with van der Waals surface area (Å²) < 4.78 is 43.6. The third-order valence-electron chi connectivity index (χ3n) is 3.64. The van der Waals surface area contributed by atoms with Gasteiger partial charge in [-0.3, -0.25) is 10.1 Å². The highest BCUT2D eigenvalue weighted by Crippen LogP contribution is 2.30. The Hall–Kier alpha value is -1.97. The Kier molecular flexibility index (Phi) is 5.36. The predicted molar refractivity (Wildman–Crippen MR) is 87.6 cm³/mol. The first-order valence-corrected chi connectivity index (χ1v) is 8.47. The number of nitrogens with one attached hydrogen (secondary N) is 2. The minimum Gasteiger partial charge on any atom is -0.366 e. The Morgan fingerprint density at radius 1 is 1.44 bits per heavy atom. The summed E-state index contributed by atoms with van der Waals surface area (Å²) >= 11 is 1.23. The van der Waals surface area contributed by atoms with Crippen LogP contribution in [0.1, 0.15) is 16.0 Å². The molecular weight excluding hydrogens is 355 g/mol. The zero-order valence-corrected chi connectivity index (χ0v) is 13.9. The molecule has 0 spiro atoms. The average Bonchev–Trinajstić information content (AvgIpc) is 3.02. The number of ether oxygens (including phenoxy) is 1. The van der Waals surface area contributed by atoms with E-state index < -0.39 is 17.8 Å². The number of alkyl halides is 3. The fourth-order valence-electron chi connectivity index (χ4n) is 2.43. The molecular formula is C16H16F3N3O2S. The van der Waals surface area contributed by atoms with Gasteiger partial charge in [0, 0.05) is 30.6 Å². The van der Waals surface area contributed by atoms with Gasteiger partial charge in [0.05, 0.1) is 12.2 Å². The van der Waals surface area contributed by atoms with E-state index in [0.29, 0.717) is 36.8 Å². The molecule has 1 aliphatic heterocycles. The number of hydrogen-bond donors (Lipinski definition) is 2. The number of thiazole rings is 1. The van der Waals surface area contributed by atoms with Gasteiger partial charge in [-0.05, 0) is 11.6 Å². The molecule has 0 aliphatic carbocycles. The number of anilines is 1. The van der Waals surface area contributed by atoms with Gasteiger partial charge < -0.3 is 10.1 Å². The van der Waals surface area contributed by atoms with Crippen LogP contribution in [0.15, 0.2) is 30.5 Å². The lowest BCUT2D eigenvalue weighted by Crippen LogP contribution is -2.45. The molecule has 1 saturated heterocycles. The number of morpholine rings is 1. The maximum Gasteiger partial charge on any atom is 0.416 e. The first kappa shape index (κ1) is 17.8. The van der Waals surface area contributed by atoms with Crippen LogP contribution in [0.5, 0.6) is 0 Å². The molecule has 2 aromatic rings. The summed E-state index contributed by atoms with van der Waals surface area (Å²) in [5.74, 6) is -0.285. The summed E-state index contributed by atoms with van der Waals surface area (Å²) in [4.78, 5) is 16.9. The van der Waals surface area contributed by atoms with Crippen LogP contribution in [0.25, 0.3) is 0 Å². The molecule has 9 heteroatoms. The van der Waals surface area contributed by atoms with Gasteiger partial charge >= 0.3 is 6.18 Å². The second-order valence-corrected chi connectivity index (χ2v) is 6.67. The molecule has 2 N–H and O–H groups in total. The molecule has 1 fully saturated rings. The second kappa shape index (κ2) is 7.51. The van der Waals surface area contributed by atoms with Crippen molar-refractivity contribution < 1.29 is 22.7 Å². The molecule has 1 aromatic heterocycles. The van der Waals surface area contributed by atoms with Crippen molar-refractivity contribution in [2.45, 2.75) is 18.7 Å². The van der Waals surface area contributed by atoms with E-state index in [-0.39, 0.29) is 5.91 Å². The Balaban J connectivity index is 1.63. The zero-order chi connectivity index (χ0) is 17.9. The first-order chi connectivity index (χ1) is 11.9. The fraction of sp³-hybridized carbons (Fsp3) is 0.375. The highest BCUT2D eigenvalue weighted by Gasteiger charge is 2.30. The summed E-state index contributed by atoms with van der Waals surface area (Å²) in [5, 5.41) is 6.14. The Bertz CT molecular complexity index is 742. The van der Waals surface area contributed by atoms with Crippen LogP contribution in [-0.4, -0.2) is 36.7 Å². The lowest BCUT2D eigenvalue weighted by atomic mass is 10.1. The van der Waals surface area contributed by atoms with Gasteiger partial charge in [-0.25, -0.2) is 4.98 Å². The van der Waals surface area contributed by atoms with Crippen LogP contribution in [0.4, 0.5) is 18.3 Å². The van der Waals surface area contributed by atoms with E-state index in [4.69, 9.17) is 4.74 Å². The first-order valence-electron chi connectivity index (χ1n) is 7.66. The van der Waals surface area contributed by atoms with Crippen LogP contribution in [0.2, 0.25) is 0 Å². The average molecular weight is 371 g/mol. The molecule has 0 saturated carbocycles. The van der Waals surface area contributed by atoms with Crippen molar-refractivity contribution >= 4 is 22.4 Å². The van der Waals surface area contributed by atoms with E-state index in [9.17, 15) is 18.0 Å². The highest BCUT2D eigenvalue weighted by molar-refractivity contribution is 7.15. The zero-order valence-electron chi connectivity index (χ0n) is 13.1. The van der Waals surface area contributed by atoms with E-state index in [1.54, 1.807) is 12.3 Å². The van der Waals surface area contributed by atoms with Gasteiger partial charge in [0.25, 0.3) is 5.91 Å². The molecule has 0 bridgehead atoms. The largest absolute Gasteiger partial charge is 0.416 e. The van der Waals surface area contributed by atoms with E-state index in [0.717, 1.165) is 17.0 Å². The molecule has 1 aliphatic rings. The van der Waals surface area contributed by atoms with Crippen LogP contribution >= 0.6 is 11.3 Å². The van der Waals surface area contributed by atoms with Crippen LogP contribution in [-0.2, 0) is 22.1 Å². The molecule has 1 amide bonds. The monoisotopic (exact) mass is 371 g/mol. The maximum atomic E-state index is 12.8. The summed E-state index contributed by atoms with van der Waals surface area (Å²) in [6.45, 7) is 1.62. The summed E-state index contributed by atoms with van der Waals surface area (Å²) in [6, 6.07) is 5.18. The lowest BCUT2D eigenvalue weighted by Gasteiger charge is -2.22.